The zero-order chi connectivity index (χ0) is 16.6. The summed E-state index contributed by atoms with van der Waals surface area (Å²) >= 11 is 0. The van der Waals surface area contributed by atoms with Crippen LogP contribution < -0.4 is 21.5 Å². The monoisotopic (exact) mass is 314 g/mol. The molecule has 3 aromatic rings. The van der Waals surface area contributed by atoms with Crippen LogP contribution in [0.1, 0.15) is 10.4 Å². The number of hydrogen-bond acceptors (Lipinski definition) is 4. The molecule has 0 aliphatic heterocycles. The van der Waals surface area contributed by atoms with Crippen LogP contribution in [-0.2, 0) is 0 Å². The molecule has 3 amide bonds. The van der Waals surface area contributed by atoms with Crippen LogP contribution in [0.4, 0.5) is 10.6 Å². The van der Waals surface area contributed by atoms with E-state index in [9.17, 15) is 9.59 Å². The summed E-state index contributed by atoms with van der Waals surface area (Å²) < 4.78 is 11.0. The third-order valence-electron chi connectivity index (χ3n) is 3.32. The number of para-hydroxylation sites is 1. The van der Waals surface area contributed by atoms with Crippen LogP contribution in [0.2, 0.25) is 0 Å². The Bertz CT molecular complexity index is 909. The fourth-order valence-corrected chi connectivity index (χ4v) is 2.33. The highest BCUT2D eigenvalue weighted by Gasteiger charge is 2.18. The molecule has 0 spiro atoms. The number of methoxy groups -OCH3 is 1. The maximum Gasteiger partial charge on any atom is 0.317 e. The van der Waals surface area contributed by atoms with Crippen LogP contribution in [0.25, 0.3) is 22.4 Å². The number of carbonyl (C=O) groups excluding carboxylic acids is 2. The number of nitrogens with one attached hydrogen (secondary N) is 2. The smallest absolute Gasteiger partial charge is 0.317 e. The zero-order valence-electron chi connectivity index (χ0n) is 12.2. The molecule has 0 aliphatic carbocycles. The van der Waals surface area contributed by atoms with Crippen LogP contribution >= 0.6 is 0 Å². The average Bonchev–Trinajstić information content (AvgIpc) is 3.09. The fraction of sp³-hybridized carbons (Fsp3) is 0.0667. The number of rotatable bonds is 4. The first-order chi connectivity index (χ1) is 11.0. The lowest BCUT2D eigenvalue weighted by Gasteiger charge is -2.00. The van der Waals surface area contributed by atoms with Gasteiger partial charge in [0.15, 0.2) is 17.1 Å². The number of benzene rings is 1. The normalized spacial score (nSPS) is 10.7. The molecule has 0 unspecified atom stereocenters. The predicted octanol–water partition coefficient (Wildman–Crippen LogP) is 2.03. The van der Waals surface area contributed by atoms with E-state index in [-0.39, 0.29) is 11.4 Å². The SMILES string of the molecule is COc1cccc2cc(-c3cc(C(N)=O)c(NC(N)=O)[nH]3)oc12. The summed E-state index contributed by atoms with van der Waals surface area (Å²) in [4.78, 5) is 25.4. The minimum atomic E-state index is -0.813. The van der Waals surface area contributed by atoms with Gasteiger partial charge in [-0.15, -0.1) is 0 Å². The van der Waals surface area contributed by atoms with E-state index in [1.165, 1.54) is 6.07 Å². The van der Waals surface area contributed by atoms with Crippen LogP contribution in [0, 0.1) is 0 Å². The van der Waals surface area contributed by atoms with Gasteiger partial charge in [-0.05, 0) is 18.2 Å². The standard InChI is InChI=1S/C15H14N4O4/c1-22-10-4-2-3-7-5-11(23-12(7)10)9-6-8(13(16)20)14(18-9)19-15(17)21/h2-6,18H,1H3,(H2,16,20)(H3,17,19,21). The maximum absolute atomic E-state index is 11.5. The molecule has 0 saturated heterocycles. The van der Waals surface area contributed by atoms with Crippen molar-refractivity contribution in [3.05, 3.63) is 35.9 Å². The highest BCUT2D eigenvalue weighted by Crippen LogP contribution is 2.34. The summed E-state index contributed by atoms with van der Waals surface area (Å²) in [5, 5.41) is 3.15. The molecule has 23 heavy (non-hydrogen) atoms. The van der Waals surface area contributed by atoms with Crippen molar-refractivity contribution in [2.45, 2.75) is 0 Å². The van der Waals surface area contributed by atoms with Crippen molar-refractivity contribution in [1.29, 1.82) is 0 Å². The van der Waals surface area contributed by atoms with Crippen molar-refractivity contribution in [1.82, 2.24) is 4.98 Å². The fourth-order valence-electron chi connectivity index (χ4n) is 2.33. The summed E-state index contributed by atoms with van der Waals surface area (Å²) in [6.07, 6.45) is 0. The van der Waals surface area contributed by atoms with Crippen LogP contribution in [0.5, 0.6) is 5.75 Å². The number of amides is 3. The predicted molar refractivity (Wildman–Crippen MR) is 84.3 cm³/mol. The molecule has 2 aromatic heterocycles. The highest BCUT2D eigenvalue weighted by molar-refractivity contribution is 6.03. The number of urea groups is 1. The second-order valence-electron chi connectivity index (χ2n) is 4.81. The lowest BCUT2D eigenvalue weighted by atomic mass is 10.2. The van der Waals surface area contributed by atoms with E-state index in [1.807, 2.05) is 12.1 Å². The Morgan fingerprint density at radius 3 is 2.70 bits per heavy atom. The van der Waals surface area contributed by atoms with Crippen molar-refractivity contribution in [2.75, 3.05) is 12.4 Å². The molecule has 118 valence electrons. The van der Waals surface area contributed by atoms with Crippen LogP contribution in [0.3, 0.4) is 0 Å². The molecule has 0 saturated carbocycles. The van der Waals surface area contributed by atoms with Gasteiger partial charge in [0.25, 0.3) is 5.91 Å². The number of hydrogen-bond donors (Lipinski definition) is 4. The highest BCUT2D eigenvalue weighted by atomic mass is 16.5. The first-order valence-corrected chi connectivity index (χ1v) is 6.65. The van der Waals surface area contributed by atoms with Gasteiger partial charge in [-0.1, -0.05) is 12.1 Å². The Kier molecular flexibility index (Phi) is 3.41. The molecule has 0 aliphatic rings. The molecule has 3 rings (SSSR count). The number of aromatic amines is 1. The molecule has 1 aromatic carbocycles. The largest absolute Gasteiger partial charge is 0.493 e. The number of aromatic nitrogens is 1. The van der Waals surface area contributed by atoms with Gasteiger partial charge in [0.1, 0.15) is 5.82 Å². The van der Waals surface area contributed by atoms with E-state index in [4.69, 9.17) is 20.6 Å². The maximum atomic E-state index is 11.5. The number of H-pyrrole nitrogens is 1. The van der Waals surface area contributed by atoms with Gasteiger partial charge in [0, 0.05) is 5.39 Å². The number of furan rings is 1. The lowest BCUT2D eigenvalue weighted by Crippen LogP contribution is -2.22. The van der Waals surface area contributed by atoms with E-state index in [2.05, 4.69) is 10.3 Å². The summed E-state index contributed by atoms with van der Waals surface area (Å²) in [5.74, 6) is 0.466. The molecule has 0 atom stereocenters. The average molecular weight is 314 g/mol. The van der Waals surface area contributed by atoms with Gasteiger partial charge in [-0.25, -0.2) is 4.79 Å². The van der Waals surface area contributed by atoms with Gasteiger partial charge in [-0.2, -0.15) is 0 Å². The zero-order valence-corrected chi connectivity index (χ0v) is 12.2. The molecule has 8 nitrogen and oxygen atoms in total. The summed E-state index contributed by atoms with van der Waals surface area (Å²) in [7, 11) is 1.55. The van der Waals surface area contributed by atoms with Gasteiger partial charge >= 0.3 is 6.03 Å². The number of carbonyl (C=O) groups is 2. The molecule has 2 heterocycles. The Hall–Kier alpha value is -3.42. The Labute approximate surface area is 130 Å². The number of nitrogens with two attached hydrogens (primary N) is 2. The molecule has 0 bridgehead atoms. The van der Waals surface area contributed by atoms with Crippen molar-refractivity contribution in [3.63, 3.8) is 0 Å². The van der Waals surface area contributed by atoms with Gasteiger partial charge < -0.3 is 25.6 Å². The molecule has 0 fully saturated rings. The van der Waals surface area contributed by atoms with Crippen molar-refractivity contribution >= 4 is 28.7 Å². The third kappa shape index (κ3) is 2.57. The van der Waals surface area contributed by atoms with E-state index in [0.29, 0.717) is 22.8 Å². The molecule has 8 heteroatoms. The third-order valence-corrected chi connectivity index (χ3v) is 3.32. The first kappa shape index (κ1) is 14.5. The number of primary amides is 2. The Morgan fingerprint density at radius 2 is 2.04 bits per heavy atom. The quantitative estimate of drug-likeness (QED) is 0.585. The topological polar surface area (TPSA) is 136 Å². The summed E-state index contributed by atoms with van der Waals surface area (Å²) in [6, 6.07) is 7.93. The molecular formula is C15H14N4O4. The van der Waals surface area contributed by atoms with Gasteiger partial charge in [0.05, 0.1) is 18.4 Å². The van der Waals surface area contributed by atoms with Crippen molar-refractivity contribution in [3.8, 4) is 17.2 Å². The second-order valence-corrected chi connectivity index (χ2v) is 4.81. The van der Waals surface area contributed by atoms with Crippen LogP contribution in [0.15, 0.2) is 34.7 Å². The molecular weight excluding hydrogens is 300 g/mol. The number of fused-ring (bicyclic) bond motifs is 1. The summed E-state index contributed by atoms with van der Waals surface area (Å²) in [6.45, 7) is 0. The minimum Gasteiger partial charge on any atom is -0.493 e. The summed E-state index contributed by atoms with van der Waals surface area (Å²) in [5.41, 5.74) is 11.5. The van der Waals surface area contributed by atoms with Gasteiger partial charge in [0.2, 0.25) is 0 Å². The first-order valence-electron chi connectivity index (χ1n) is 6.65. The van der Waals surface area contributed by atoms with Crippen LogP contribution in [-0.4, -0.2) is 24.0 Å². The Morgan fingerprint density at radius 1 is 1.26 bits per heavy atom. The molecule has 6 N–H and O–H groups in total. The second kappa shape index (κ2) is 5.41. The number of ether oxygens (including phenoxy) is 1. The lowest BCUT2D eigenvalue weighted by molar-refractivity contribution is 0.100. The van der Waals surface area contributed by atoms with E-state index >= 15 is 0 Å². The van der Waals surface area contributed by atoms with E-state index < -0.39 is 11.9 Å². The van der Waals surface area contributed by atoms with E-state index in [0.717, 1.165) is 5.39 Å². The van der Waals surface area contributed by atoms with Gasteiger partial charge in [-0.3, -0.25) is 10.1 Å². The van der Waals surface area contributed by atoms with Crippen molar-refractivity contribution in [2.24, 2.45) is 11.5 Å². The van der Waals surface area contributed by atoms with E-state index in [1.54, 1.807) is 19.2 Å². The number of anilines is 1. The molecule has 0 radical (unpaired) electrons. The van der Waals surface area contributed by atoms with Crippen molar-refractivity contribution < 1.29 is 18.7 Å². The Balaban J connectivity index is 2.11. The minimum absolute atomic E-state index is 0.103.